The Morgan fingerprint density at radius 2 is 1.87 bits per heavy atom. The molecule has 0 aromatic heterocycles. The summed E-state index contributed by atoms with van der Waals surface area (Å²) in [6.07, 6.45) is -3.76. The van der Waals surface area contributed by atoms with Gasteiger partial charge in [-0.25, -0.2) is 0 Å². The normalized spacial score (nSPS) is 16.4. The van der Waals surface area contributed by atoms with Crippen LogP contribution in [0.25, 0.3) is 0 Å². The van der Waals surface area contributed by atoms with E-state index in [1.54, 1.807) is 0 Å². The van der Waals surface area contributed by atoms with Crippen LogP contribution in [0.1, 0.15) is 45.6 Å². The molecule has 3 rings (SSSR count). The maximum absolute atomic E-state index is 13.1. The first-order chi connectivity index (χ1) is 18.4. The third kappa shape index (κ3) is 8.05. The van der Waals surface area contributed by atoms with Crippen LogP contribution in [0, 0.1) is 16.0 Å². The number of nitrogens with one attached hydrogen (secondary N) is 1. The van der Waals surface area contributed by atoms with Crippen molar-refractivity contribution in [3.8, 4) is 17.2 Å². The molecule has 1 aliphatic rings. The van der Waals surface area contributed by atoms with Gasteiger partial charge in [0.2, 0.25) is 5.75 Å². The van der Waals surface area contributed by atoms with Crippen LogP contribution in [0.15, 0.2) is 40.9 Å². The molecule has 1 aliphatic heterocycles. The highest BCUT2D eigenvalue weighted by Gasteiger charge is 2.35. The summed E-state index contributed by atoms with van der Waals surface area (Å²) in [5.41, 5.74) is -1.28. The van der Waals surface area contributed by atoms with Crippen LogP contribution in [0.4, 0.5) is 18.9 Å². The number of carbonyl (C=O) groups is 1. The number of alkyl halides is 3. The third-order valence-electron chi connectivity index (χ3n) is 6.23. The summed E-state index contributed by atoms with van der Waals surface area (Å²) < 4.78 is 61.6. The SMILES string of the molecule is CCCC(CC)C(NC(=O)C(C)Oc1cc(Oc2ccc(C(F)(F)F)cc2Br)ccc1[N+](=O)[O-])C1OCCO1. The van der Waals surface area contributed by atoms with Crippen molar-refractivity contribution in [1.29, 1.82) is 0 Å². The average molecular weight is 619 g/mol. The molecule has 3 atom stereocenters. The summed E-state index contributed by atoms with van der Waals surface area (Å²) in [6.45, 7) is 6.34. The van der Waals surface area contributed by atoms with E-state index in [-0.39, 0.29) is 27.6 Å². The number of benzene rings is 2. The van der Waals surface area contributed by atoms with Crippen LogP contribution in [-0.4, -0.2) is 42.5 Å². The molecule has 1 saturated heterocycles. The fraction of sp³-hybridized carbons (Fsp3) is 0.500. The number of halogens is 4. The predicted octanol–water partition coefficient (Wildman–Crippen LogP) is 6.62. The number of nitrogens with zero attached hydrogens (tertiary/aromatic N) is 1. The fourth-order valence-corrected chi connectivity index (χ4v) is 4.68. The van der Waals surface area contributed by atoms with Crippen molar-refractivity contribution < 1.29 is 41.8 Å². The van der Waals surface area contributed by atoms with Gasteiger partial charge in [-0.15, -0.1) is 0 Å². The number of nitro benzene ring substituents is 1. The minimum absolute atomic E-state index is 0.0332. The average Bonchev–Trinajstić information content (AvgIpc) is 3.41. The quantitative estimate of drug-likeness (QED) is 0.210. The molecule has 0 saturated carbocycles. The zero-order valence-corrected chi connectivity index (χ0v) is 23.2. The van der Waals surface area contributed by atoms with E-state index in [9.17, 15) is 28.1 Å². The summed E-state index contributed by atoms with van der Waals surface area (Å²) in [5, 5.41) is 14.5. The highest BCUT2D eigenvalue weighted by atomic mass is 79.9. The molecule has 1 fully saturated rings. The lowest BCUT2D eigenvalue weighted by molar-refractivity contribution is -0.386. The molecule has 2 aromatic rings. The molecule has 1 heterocycles. The Morgan fingerprint density at radius 3 is 2.44 bits per heavy atom. The number of hydrogen-bond donors (Lipinski definition) is 1. The second kappa shape index (κ2) is 13.4. The van der Waals surface area contributed by atoms with Gasteiger partial charge in [-0.2, -0.15) is 13.2 Å². The molecule has 1 N–H and O–H groups in total. The van der Waals surface area contributed by atoms with Crippen LogP contribution < -0.4 is 14.8 Å². The Kier molecular flexibility index (Phi) is 10.6. The first-order valence-corrected chi connectivity index (χ1v) is 13.3. The molecule has 9 nitrogen and oxygen atoms in total. The van der Waals surface area contributed by atoms with Crippen LogP contribution >= 0.6 is 15.9 Å². The zero-order valence-electron chi connectivity index (χ0n) is 21.6. The molecule has 1 amide bonds. The van der Waals surface area contributed by atoms with Crippen molar-refractivity contribution in [2.24, 2.45) is 5.92 Å². The summed E-state index contributed by atoms with van der Waals surface area (Å²) in [7, 11) is 0. The van der Waals surface area contributed by atoms with Crippen molar-refractivity contribution >= 4 is 27.5 Å². The lowest BCUT2D eigenvalue weighted by Gasteiger charge is -2.31. The van der Waals surface area contributed by atoms with Gasteiger partial charge in [0.25, 0.3) is 5.91 Å². The molecule has 0 bridgehead atoms. The highest BCUT2D eigenvalue weighted by Crippen LogP contribution is 2.39. The van der Waals surface area contributed by atoms with Crippen LogP contribution in [-0.2, 0) is 20.4 Å². The van der Waals surface area contributed by atoms with Crippen LogP contribution in [0.5, 0.6) is 17.2 Å². The number of hydrogen-bond acceptors (Lipinski definition) is 7. The molecule has 2 aromatic carbocycles. The van der Waals surface area contributed by atoms with Gasteiger partial charge in [0.1, 0.15) is 11.5 Å². The minimum Gasteiger partial charge on any atom is -0.474 e. The van der Waals surface area contributed by atoms with Gasteiger partial charge in [0.05, 0.1) is 34.2 Å². The number of nitro groups is 1. The molecule has 214 valence electrons. The van der Waals surface area contributed by atoms with Crippen LogP contribution in [0.3, 0.4) is 0 Å². The lowest BCUT2D eigenvalue weighted by atomic mass is 9.91. The smallest absolute Gasteiger partial charge is 0.416 e. The van der Waals surface area contributed by atoms with Crippen molar-refractivity contribution in [1.82, 2.24) is 5.32 Å². The largest absolute Gasteiger partial charge is 0.474 e. The second-order valence-corrected chi connectivity index (χ2v) is 9.85. The van der Waals surface area contributed by atoms with E-state index in [0.717, 1.165) is 43.5 Å². The molecule has 0 radical (unpaired) electrons. The Morgan fingerprint density at radius 1 is 1.18 bits per heavy atom. The summed E-state index contributed by atoms with van der Waals surface area (Å²) >= 11 is 3.05. The van der Waals surface area contributed by atoms with E-state index in [0.29, 0.717) is 13.2 Å². The van der Waals surface area contributed by atoms with Crippen molar-refractivity contribution in [2.75, 3.05) is 13.2 Å². The standard InChI is InChI=1S/C26H30BrF3N2O7/c1-4-6-16(5-2)23(25-36-11-12-37-25)31-24(33)15(3)38-22-14-18(8-9-20(22)32(34)35)39-21-10-7-17(13-19(21)27)26(28,29)30/h7-10,13-16,23,25H,4-6,11-12H2,1-3H3,(H,31,33). The number of carbonyl (C=O) groups excluding carboxylic acids is 1. The maximum Gasteiger partial charge on any atom is 0.416 e. The summed E-state index contributed by atoms with van der Waals surface area (Å²) in [5.74, 6) is -0.561. The summed E-state index contributed by atoms with van der Waals surface area (Å²) in [6, 6.07) is 6.02. The molecular weight excluding hydrogens is 589 g/mol. The van der Waals surface area contributed by atoms with E-state index in [1.165, 1.54) is 19.1 Å². The Bertz CT molecular complexity index is 1160. The monoisotopic (exact) mass is 618 g/mol. The molecule has 39 heavy (non-hydrogen) atoms. The van der Waals surface area contributed by atoms with E-state index in [2.05, 4.69) is 21.2 Å². The third-order valence-corrected chi connectivity index (χ3v) is 6.85. The minimum atomic E-state index is -4.53. The van der Waals surface area contributed by atoms with Gasteiger partial charge in [-0.1, -0.05) is 26.7 Å². The first-order valence-electron chi connectivity index (χ1n) is 12.5. The predicted molar refractivity (Wildman–Crippen MR) is 139 cm³/mol. The fourth-order valence-electron chi connectivity index (χ4n) is 4.22. The van der Waals surface area contributed by atoms with Crippen LogP contribution in [0.2, 0.25) is 0 Å². The van der Waals surface area contributed by atoms with Gasteiger partial charge >= 0.3 is 11.9 Å². The Hall–Kier alpha value is -2.90. The first kappa shape index (κ1) is 30.6. The van der Waals surface area contributed by atoms with E-state index in [4.69, 9.17) is 18.9 Å². The van der Waals surface area contributed by atoms with Crippen molar-refractivity contribution in [3.63, 3.8) is 0 Å². The Labute approximate surface area is 232 Å². The van der Waals surface area contributed by atoms with Gasteiger partial charge in [0, 0.05) is 12.1 Å². The van der Waals surface area contributed by atoms with E-state index < -0.39 is 46.7 Å². The van der Waals surface area contributed by atoms with Gasteiger partial charge in [-0.05, 0) is 59.5 Å². The summed E-state index contributed by atoms with van der Waals surface area (Å²) in [4.78, 5) is 24.1. The zero-order chi connectivity index (χ0) is 28.7. The van der Waals surface area contributed by atoms with Gasteiger partial charge in [-0.3, -0.25) is 14.9 Å². The lowest BCUT2D eigenvalue weighted by Crippen LogP contribution is -2.52. The van der Waals surface area contributed by atoms with Gasteiger partial charge in [0.15, 0.2) is 12.4 Å². The van der Waals surface area contributed by atoms with Crippen molar-refractivity contribution in [2.45, 2.75) is 64.6 Å². The molecule has 13 heteroatoms. The van der Waals surface area contributed by atoms with E-state index >= 15 is 0 Å². The number of ether oxygens (including phenoxy) is 4. The molecule has 0 spiro atoms. The Balaban J connectivity index is 1.79. The number of amides is 1. The van der Waals surface area contributed by atoms with E-state index in [1.807, 2.05) is 13.8 Å². The second-order valence-electron chi connectivity index (χ2n) is 8.99. The molecular formula is C26H30BrF3N2O7. The highest BCUT2D eigenvalue weighted by molar-refractivity contribution is 9.10. The van der Waals surface area contributed by atoms with Gasteiger partial charge < -0.3 is 24.3 Å². The molecule has 0 aliphatic carbocycles. The molecule has 3 unspecified atom stereocenters. The number of rotatable bonds is 12. The maximum atomic E-state index is 13.1. The topological polar surface area (TPSA) is 109 Å². The van der Waals surface area contributed by atoms with Crippen molar-refractivity contribution in [3.05, 3.63) is 56.5 Å².